The lowest BCUT2D eigenvalue weighted by molar-refractivity contribution is 0.539. The van der Waals surface area contributed by atoms with Crippen LogP contribution in [0.5, 0.6) is 0 Å². The van der Waals surface area contributed by atoms with Crippen LogP contribution in [0.3, 0.4) is 0 Å². The molecule has 21 heavy (non-hydrogen) atoms. The molecule has 1 heterocycles. The van der Waals surface area contributed by atoms with Gasteiger partial charge in [0.2, 0.25) is 0 Å². The average Bonchev–Trinajstić information content (AvgIpc) is 2.86. The Balaban J connectivity index is 2.37. The molecule has 0 fully saturated rings. The number of nitrogens with one attached hydrogen (secondary N) is 1. The predicted molar refractivity (Wildman–Crippen MR) is 79.6 cm³/mol. The number of nitrogens with zero attached hydrogens (tertiary/aromatic N) is 3. The van der Waals surface area contributed by atoms with Gasteiger partial charge in [0.1, 0.15) is 11.9 Å². The van der Waals surface area contributed by atoms with E-state index in [0.29, 0.717) is 5.82 Å². The molecule has 0 radical (unpaired) electrons. The van der Waals surface area contributed by atoms with Crippen molar-refractivity contribution in [1.82, 2.24) is 9.78 Å². The third-order valence-electron chi connectivity index (χ3n) is 2.77. The van der Waals surface area contributed by atoms with Gasteiger partial charge in [0.15, 0.2) is 0 Å². The Morgan fingerprint density at radius 1 is 1.38 bits per heavy atom. The molecule has 0 unspecified atom stereocenters. The van der Waals surface area contributed by atoms with Gasteiger partial charge in [-0.15, -0.1) is 0 Å². The highest BCUT2D eigenvalue weighted by Gasteiger charge is 2.18. The molecule has 0 aliphatic rings. The fraction of sp³-hybridized carbons (Fsp3) is 0.231. The fourth-order valence-corrected chi connectivity index (χ4v) is 3.12. The van der Waals surface area contributed by atoms with Crippen molar-refractivity contribution in [2.75, 3.05) is 4.72 Å². The Bertz CT molecular complexity index is 806. The fourth-order valence-electron chi connectivity index (χ4n) is 1.76. The molecule has 0 spiro atoms. The van der Waals surface area contributed by atoms with Crippen molar-refractivity contribution in [3.63, 3.8) is 0 Å². The van der Waals surface area contributed by atoms with Crippen molar-refractivity contribution in [2.24, 2.45) is 0 Å². The summed E-state index contributed by atoms with van der Waals surface area (Å²) in [6.07, 6.45) is 1.52. The molecule has 2 aromatic rings. The highest BCUT2D eigenvalue weighted by atomic mass is 35.5. The van der Waals surface area contributed by atoms with E-state index in [-0.39, 0.29) is 21.5 Å². The first-order valence-electron chi connectivity index (χ1n) is 6.11. The normalized spacial score (nSPS) is 11.4. The highest BCUT2D eigenvalue weighted by Crippen LogP contribution is 2.23. The molecule has 0 bridgehead atoms. The lowest BCUT2D eigenvalue weighted by Crippen LogP contribution is -2.17. The maximum atomic E-state index is 12.3. The predicted octanol–water partition coefficient (Wildman–Crippen LogP) is 2.79. The lowest BCUT2D eigenvalue weighted by Gasteiger charge is -2.13. The number of rotatable bonds is 4. The van der Waals surface area contributed by atoms with Crippen LogP contribution in [-0.2, 0) is 10.0 Å². The zero-order valence-corrected chi connectivity index (χ0v) is 13.0. The first-order valence-corrected chi connectivity index (χ1v) is 7.97. The average molecular weight is 325 g/mol. The summed E-state index contributed by atoms with van der Waals surface area (Å²) in [6, 6.07) is 7.43. The molecule has 1 aromatic heterocycles. The molecule has 1 aromatic carbocycles. The van der Waals surface area contributed by atoms with E-state index in [4.69, 9.17) is 16.9 Å². The largest absolute Gasteiger partial charge is 0.264 e. The molecule has 6 nitrogen and oxygen atoms in total. The van der Waals surface area contributed by atoms with E-state index in [0.717, 1.165) is 0 Å². The maximum Gasteiger partial charge on any atom is 0.263 e. The first kappa shape index (κ1) is 15.4. The van der Waals surface area contributed by atoms with Crippen LogP contribution in [0.2, 0.25) is 5.02 Å². The number of nitriles is 1. The number of halogens is 1. The summed E-state index contributed by atoms with van der Waals surface area (Å²) in [6.45, 7) is 3.78. The number of hydrogen-bond donors (Lipinski definition) is 1. The van der Waals surface area contributed by atoms with Crippen molar-refractivity contribution >= 4 is 27.4 Å². The molecule has 1 N–H and O–H groups in total. The topological polar surface area (TPSA) is 87.8 Å². The Morgan fingerprint density at radius 3 is 2.67 bits per heavy atom. The molecule has 0 atom stereocenters. The van der Waals surface area contributed by atoms with Gasteiger partial charge in [0.25, 0.3) is 10.0 Å². The molecular formula is C13H13ClN4O2S. The highest BCUT2D eigenvalue weighted by molar-refractivity contribution is 7.92. The van der Waals surface area contributed by atoms with Gasteiger partial charge in [-0.1, -0.05) is 11.6 Å². The number of sulfonamides is 1. The summed E-state index contributed by atoms with van der Waals surface area (Å²) in [5.41, 5.74) is 0.225. The Kier molecular flexibility index (Phi) is 4.21. The van der Waals surface area contributed by atoms with Gasteiger partial charge in [0.05, 0.1) is 21.7 Å². The SMILES string of the molecule is CC(C)n1nccc1NS(=O)(=O)c1ccc(C#N)c(Cl)c1. The number of anilines is 1. The van der Waals surface area contributed by atoms with Crippen LogP contribution in [0, 0.1) is 11.3 Å². The smallest absolute Gasteiger partial charge is 0.263 e. The van der Waals surface area contributed by atoms with Crippen molar-refractivity contribution in [3.05, 3.63) is 41.0 Å². The van der Waals surface area contributed by atoms with Crippen LogP contribution in [0.25, 0.3) is 0 Å². The summed E-state index contributed by atoms with van der Waals surface area (Å²) in [5, 5.41) is 13.0. The minimum Gasteiger partial charge on any atom is -0.264 e. The van der Waals surface area contributed by atoms with Gasteiger partial charge in [-0.2, -0.15) is 10.4 Å². The number of aromatic nitrogens is 2. The van der Waals surface area contributed by atoms with Crippen LogP contribution < -0.4 is 4.72 Å². The standard InChI is InChI=1S/C13H13ClN4O2S/c1-9(2)18-13(5-6-16-18)17-21(19,20)11-4-3-10(8-15)12(14)7-11/h3-7,9,17H,1-2H3. The second kappa shape index (κ2) is 5.76. The number of hydrogen-bond acceptors (Lipinski definition) is 4. The van der Waals surface area contributed by atoms with Crippen molar-refractivity contribution in [1.29, 1.82) is 5.26 Å². The van der Waals surface area contributed by atoms with Gasteiger partial charge in [-0.25, -0.2) is 13.1 Å². The molecule has 110 valence electrons. The molecule has 0 saturated heterocycles. The molecule has 0 saturated carbocycles. The zero-order chi connectivity index (χ0) is 15.6. The lowest BCUT2D eigenvalue weighted by atomic mass is 10.2. The summed E-state index contributed by atoms with van der Waals surface area (Å²) < 4.78 is 28.7. The minimum absolute atomic E-state index is 0.0111. The second-order valence-corrected chi connectivity index (χ2v) is 6.70. The van der Waals surface area contributed by atoms with E-state index in [1.165, 1.54) is 24.4 Å². The molecule has 0 amide bonds. The molecule has 8 heteroatoms. The summed E-state index contributed by atoms with van der Waals surface area (Å²) in [7, 11) is -3.79. The summed E-state index contributed by atoms with van der Waals surface area (Å²) in [5.74, 6) is 0.366. The second-order valence-electron chi connectivity index (χ2n) is 4.61. The van der Waals surface area contributed by atoms with Crippen molar-refractivity contribution < 1.29 is 8.42 Å². The molecule has 2 rings (SSSR count). The Morgan fingerprint density at radius 2 is 2.10 bits per heavy atom. The summed E-state index contributed by atoms with van der Waals surface area (Å²) in [4.78, 5) is -0.0111. The van der Waals surface area contributed by atoms with Gasteiger partial charge < -0.3 is 0 Å². The molecular weight excluding hydrogens is 312 g/mol. The van der Waals surface area contributed by atoms with E-state index in [9.17, 15) is 8.42 Å². The molecule has 0 aliphatic heterocycles. The van der Waals surface area contributed by atoms with Crippen LogP contribution in [0.4, 0.5) is 5.82 Å². The van der Waals surface area contributed by atoms with Crippen molar-refractivity contribution in [2.45, 2.75) is 24.8 Å². The third-order valence-corrected chi connectivity index (χ3v) is 4.43. The maximum absolute atomic E-state index is 12.3. The third kappa shape index (κ3) is 3.17. The monoisotopic (exact) mass is 324 g/mol. The van der Waals surface area contributed by atoms with E-state index < -0.39 is 10.0 Å². The molecule has 0 aliphatic carbocycles. The van der Waals surface area contributed by atoms with Gasteiger partial charge >= 0.3 is 0 Å². The van der Waals surface area contributed by atoms with Crippen LogP contribution in [0.1, 0.15) is 25.5 Å². The number of benzene rings is 1. The van der Waals surface area contributed by atoms with Gasteiger partial charge in [-0.05, 0) is 32.0 Å². The van der Waals surface area contributed by atoms with E-state index in [1.54, 1.807) is 10.7 Å². The Hall–Kier alpha value is -2.04. The van der Waals surface area contributed by atoms with Crippen molar-refractivity contribution in [3.8, 4) is 6.07 Å². The van der Waals surface area contributed by atoms with Crippen LogP contribution in [-0.4, -0.2) is 18.2 Å². The van der Waals surface area contributed by atoms with Crippen LogP contribution >= 0.6 is 11.6 Å². The Labute approximate surface area is 128 Å². The van der Waals surface area contributed by atoms with E-state index >= 15 is 0 Å². The van der Waals surface area contributed by atoms with Gasteiger partial charge in [0, 0.05) is 12.1 Å². The van der Waals surface area contributed by atoms with E-state index in [2.05, 4.69) is 9.82 Å². The summed E-state index contributed by atoms with van der Waals surface area (Å²) >= 11 is 5.87. The first-order chi connectivity index (χ1) is 9.85. The quantitative estimate of drug-likeness (QED) is 0.936. The minimum atomic E-state index is -3.79. The van der Waals surface area contributed by atoms with Gasteiger partial charge in [-0.3, -0.25) is 4.72 Å². The van der Waals surface area contributed by atoms with Crippen LogP contribution in [0.15, 0.2) is 35.4 Å². The van der Waals surface area contributed by atoms with E-state index in [1.807, 2.05) is 19.9 Å². The zero-order valence-electron chi connectivity index (χ0n) is 11.4.